The first-order chi connectivity index (χ1) is 20.8. The molecule has 0 aliphatic carbocycles. The molecule has 1 saturated heterocycles. The Morgan fingerprint density at radius 3 is 2.11 bits per heavy atom. The molecule has 0 radical (unpaired) electrons. The van der Waals surface area contributed by atoms with Gasteiger partial charge >= 0.3 is 5.97 Å². The van der Waals surface area contributed by atoms with E-state index in [0.717, 1.165) is 31.4 Å². The van der Waals surface area contributed by atoms with Gasteiger partial charge in [0.25, 0.3) is 0 Å². The topological polar surface area (TPSA) is 107 Å². The lowest BCUT2D eigenvalue weighted by Crippen LogP contribution is -2.58. The molecule has 8 nitrogen and oxygen atoms in total. The first kappa shape index (κ1) is 34.7. The van der Waals surface area contributed by atoms with Gasteiger partial charge in [-0.15, -0.1) is 0 Å². The molecule has 2 N–H and O–H groups in total. The van der Waals surface area contributed by atoms with Crippen molar-refractivity contribution < 1.29 is 24.3 Å². The zero-order valence-electron chi connectivity index (χ0n) is 27.2. The standard InChI is InChI=1S/C36H49N3O5/c1-23(2)26(6)39-20-12-11-15-31(39)34(41)37-30(35(42)38(7)32(24(3)4)21-25(5)36(43)44)22-27-16-18-29(19-17-27)33(40)28-13-9-8-10-14-28/h8-10,13-14,16-19,21,23-24,26,30-32H,11-12,15,20,22H2,1-7H3,(H,37,41)(H,43,44)/b25-21+/t26?,30?,31-,32-/m1/s1. The molecule has 0 aromatic heterocycles. The van der Waals surface area contributed by atoms with Gasteiger partial charge in [-0.3, -0.25) is 19.3 Å². The van der Waals surface area contributed by atoms with Gasteiger partial charge in [-0.1, -0.05) is 94.8 Å². The number of carboxylic acid groups (broad SMARTS) is 1. The highest BCUT2D eigenvalue weighted by Crippen LogP contribution is 2.24. The Kier molecular flexibility index (Phi) is 12.5. The first-order valence-electron chi connectivity index (χ1n) is 15.7. The largest absolute Gasteiger partial charge is 0.478 e. The molecule has 4 atom stereocenters. The fraction of sp³-hybridized carbons (Fsp3) is 0.500. The molecule has 238 valence electrons. The van der Waals surface area contributed by atoms with Gasteiger partial charge in [-0.05, 0) is 50.6 Å². The maximum absolute atomic E-state index is 14.1. The molecule has 0 saturated carbocycles. The summed E-state index contributed by atoms with van der Waals surface area (Å²) in [4.78, 5) is 56.3. The van der Waals surface area contributed by atoms with E-state index < -0.39 is 18.1 Å². The van der Waals surface area contributed by atoms with Gasteiger partial charge in [0.15, 0.2) is 5.78 Å². The number of carbonyl (C=O) groups excluding carboxylic acids is 3. The van der Waals surface area contributed by atoms with E-state index in [1.807, 2.05) is 44.2 Å². The number of carbonyl (C=O) groups is 4. The van der Waals surface area contributed by atoms with Crippen LogP contribution in [0.5, 0.6) is 0 Å². The SMILES string of the molecule is C/C(=C\[C@H](C(C)C)N(C)C(=O)C(Cc1ccc(C(=O)c2ccccc2)cc1)NC(=O)[C@H]1CCCCN1C(C)C(C)C)C(=O)O. The second-order valence-corrected chi connectivity index (χ2v) is 12.7. The number of carboxylic acids is 1. The van der Waals surface area contributed by atoms with Crippen LogP contribution in [0.3, 0.4) is 0 Å². The fourth-order valence-electron chi connectivity index (χ4n) is 5.83. The Balaban J connectivity index is 1.91. The number of rotatable bonds is 13. The van der Waals surface area contributed by atoms with Gasteiger partial charge in [0.2, 0.25) is 11.8 Å². The van der Waals surface area contributed by atoms with Gasteiger partial charge in [0.05, 0.1) is 12.1 Å². The number of aliphatic carboxylic acids is 1. The summed E-state index contributed by atoms with van der Waals surface area (Å²) in [6.45, 7) is 12.7. The minimum atomic E-state index is -1.04. The van der Waals surface area contributed by atoms with Crippen LogP contribution in [0, 0.1) is 11.8 Å². The van der Waals surface area contributed by atoms with Crippen LogP contribution < -0.4 is 5.32 Å². The van der Waals surface area contributed by atoms with Gasteiger partial charge in [-0.2, -0.15) is 0 Å². The van der Waals surface area contributed by atoms with Crippen molar-refractivity contribution in [3.05, 3.63) is 82.9 Å². The summed E-state index contributed by atoms with van der Waals surface area (Å²) < 4.78 is 0. The van der Waals surface area contributed by atoms with E-state index in [1.54, 1.807) is 42.3 Å². The lowest BCUT2D eigenvalue weighted by Gasteiger charge is -2.41. The quantitative estimate of drug-likeness (QED) is 0.236. The molecular formula is C36H49N3O5. The number of ketones is 1. The zero-order chi connectivity index (χ0) is 32.6. The number of hydrogen-bond acceptors (Lipinski definition) is 5. The Hall–Kier alpha value is -3.78. The number of piperidine rings is 1. The van der Waals surface area contributed by atoms with Gasteiger partial charge < -0.3 is 15.3 Å². The van der Waals surface area contributed by atoms with Crippen LogP contribution in [0.25, 0.3) is 0 Å². The minimum absolute atomic E-state index is 0.0568. The second-order valence-electron chi connectivity index (χ2n) is 12.7. The Morgan fingerprint density at radius 1 is 0.932 bits per heavy atom. The van der Waals surface area contributed by atoms with Crippen molar-refractivity contribution in [3.63, 3.8) is 0 Å². The predicted molar refractivity (Wildman–Crippen MR) is 173 cm³/mol. The lowest BCUT2D eigenvalue weighted by molar-refractivity contribution is -0.139. The van der Waals surface area contributed by atoms with Crippen molar-refractivity contribution in [1.82, 2.24) is 15.1 Å². The van der Waals surface area contributed by atoms with Crippen LogP contribution in [-0.2, 0) is 20.8 Å². The lowest BCUT2D eigenvalue weighted by atomic mass is 9.94. The highest BCUT2D eigenvalue weighted by Gasteiger charge is 2.36. The maximum atomic E-state index is 14.1. The van der Waals surface area contributed by atoms with Crippen molar-refractivity contribution in [1.29, 1.82) is 0 Å². The molecule has 2 aromatic rings. The van der Waals surface area contributed by atoms with Gasteiger partial charge in [0, 0.05) is 36.2 Å². The van der Waals surface area contributed by atoms with Crippen LogP contribution in [0.1, 0.15) is 82.3 Å². The van der Waals surface area contributed by atoms with Gasteiger partial charge in [0.1, 0.15) is 6.04 Å². The molecule has 2 unspecified atom stereocenters. The first-order valence-corrected chi connectivity index (χ1v) is 15.7. The number of likely N-dealkylation sites (N-methyl/N-ethyl adjacent to an activating group) is 1. The third kappa shape index (κ3) is 8.88. The van der Waals surface area contributed by atoms with E-state index in [4.69, 9.17) is 0 Å². The summed E-state index contributed by atoms with van der Waals surface area (Å²) >= 11 is 0. The zero-order valence-corrected chi connectivity index (χ0v) is 27.2. The highest BCUT2D eigenvalue weighted by molar-refractivity contribution is 6.09. The Labute approximate surface area is 262 Å². The van der Waals surface area contributed by atoms with Crippen molar-refractivity contribution in [2.75, 3.05) is 13.6 Å². The van der Waals surface area contributed by atoms with Crippen LogP contribution in [-0.4, -0.2) is 76.2 Å². The molecule has 1 aliphatic rings. The van der Waals surface area contributed by atoms with Crippen molar-refractivity contribution in [2.45, 2.75) is 91.4 Å². The summed E-state index contributed by atoms with van der Waals surface area (Å²) in [6.07, 6.45) is 4.54. The molecule has 1 heterocycles. The fourth-order valence-corrected chi connectivity index (χ4v) is 5.83. The molecule has 44 heavy (non-hydrogen) atoms. The molecule has 2 aromatic carbocycles. The average molecular weight is 604 g/mol. The van der Waals surface area contributed by atoms with Crippen LogP contribution in [0.4, 0.5) is 0 Å². The molecular weight excluding hydrogens is 554 g/mol. The van der Waals surface area contributed by atoms with E-state index in [2.05, 4.69) is 31.0 Å². The number of benzene rings is 2. The summed E-state index contributed by atoms with van der Waals surface area (Å²) in [5.41, 5.74) is 2.09. The minimum Gasteiger partial charge on any atom is -0.478 e. The van der Waals surface area contributed by atoms with Crippen molar-refractivity contribution >= 4 is 23.6 Å². The van der Waals surface area contributed by atoms with E-state index in [1.165, 1.54) is 6.92 Å². The number of likely N-dealkylation sites (tertiary alicyclic amines) is 1. The third-order valence-electron chi connectivity index (χ3n) is 8.88. The molecule has 0 bridgehead atoms. The monoisotopic (exact) mass is 603 g/mol. The van der Waals surface area contributed by atoms with Gasteiger partial charge in [-0.25, -0.2) is 4.79 Å². The summed E-state index contributed by atoms with van der Waals surface area (Å²) in [7, 11) is 1.66. The maximum Gasteiger partial charge on any atom is 0.331 e. The number of amides is 2. The summed E-state index contributed by atoms with van der Waals surface area (Å²) in [5, 5.41) is 12.6. The van der Waals surface area contributed by atoms with Crippen molar-refractivity contribution in [2.24, 2.45) is 11.8 Å². The Bertz CT molecular complexity index is 1320. The molecule has 2 amide bonds. The number of nitrogens with zero attached hydrogens (tertiary/aromatic N) is 2. The second kappa shape index (κ2) is 15.8. The van der Waals surface area contributed by atoms with Crippen LogP contribution >= 0.6 is 0 Å². The smallest absolute Gasteiger partial charge is 0.331 e. The third-order valence-corrected chi connectivity index (χ3v) is 8.88. The molecule has 1 fully saturated rings. The average Bonchev–Trinajstić information content (AvgIpc) is 3.02. The Morgan fingerprint density at radius 2 is 1.55 bits per heavy atom. The molecule has 0 spiro atoms. The van der Waals surface area contributed by atoms with E-state index in [9.17, 15) is 24.3 Å². The predicted octanol–water partition coefficient (Wildman–Crippen LogP) is 5.36. The normalized spacial score (nSPS) is 18.0. The molecule has 1 aliphatic heterocycles. The summed E-state index contributed by atoms with van der Waals surface area (Å²) in [5.74, 6) is -1.27. The van der Waals surface area contributed by atoms with E-state index in [-0.39, 0.29) is 47.6 Å². The van der Waals surface area contributed by atoms with Crippen molar-refractivity contribution in [3.8, 4) is 0 Å². The van der Waals surface area contributed by atoms with E-state index >= 15 is 0 Å². The van der Waals surface area contributed by atoms with E-state index in [0.29, 0.717) is 17.0 Å². The summed E-state index contributed by atoms with van der Waals surface area (Å²) in [6, 6.07) is 14.7. The number of nitrogens with one attached hydrogen (secondary N) is 1. The van der Waals surface area contributed by atoms with Crippen LogP contribution in [0.15, 0.2) is 66.2 Å². The molecule has 3 rings (SSSR count). The number of hydrogen-bond donors (Lipinski definition) is 2. The molecule has 8 heteroatoms. The van der Waals surface area contributed by atoms with Crippen LogP contribution in [0.2, 0.25) is 0 Å². The highest BCUT2D eigenvalue weighted by atomic mass is 16.4.